The SMILES string of the molecule is CCCN(C(=O)c1ccc(Cl)cc1Cl)C(C)c1nc2ccc(Cl)cc2c(=O)n1C. The van der Waals surface area contributed by atoms with E-state index in [1.807, 2.05) is 13.8 Å². The molecule has 0 fully saturated rings. The Morgan fingerprint density at radius 3 is 2.45 bits per heavy atom. The van der Waals surface area contributed by atoms with Gasteiger partial charge in [-0.05, 0) is 49.7 Å². The van der Waals surface area contributed by atoms with Crippen molar-refractivity contribution in [2.75, 3.05) is 6.54 Å². The van der Waals surface area contributed by atoms with Crippen LogP contribution in [-0.2, 0) is 7.05 Å². The molecule has 1 aromatic heterocycles. The minimum Gasteiger partial charge on any atom is -0.329 e. The van der Waals surface area contributed by atoms with Crippen molar-refractivity contribution in [3.05, 3.63) is 73.2 Å². The Morgan fingerprint density at radius 2 is 1.79 bits per heavy atom. The van der Waals surface area contributed by atoms with E-state index >= 15 is 0 Å². The van der Waals surface area contributed by atoms with Crippen molar-refractivity contribution in [1.82, 2.24) is 14.5 Å². The van der Waals surface area contributed by atoms with Crippen molar-refractivity contribution < 1.29 is 4.79 Å². The molecule has 0 saturated carbocycles. The molecule has 152 valence electrons. The predicted octanol–water partition coefficient (Wildman–Crippen LogP) is 5.51. The Hall–Kier alpha value is -2.08. The van der Waals surface area contributed by atoms with Gasteiger partial charge in [0, 0.05) is 23.6 Å². The maximum absolute atomic E-state index is 13.3. The molecule has 0 aliphatic rings. The van der Waals surface area contributed by atoms with Crippen molar-refractivity contribution in [1.29, 1.82) is 0 Å². The molecule has 1 unspecified atom stereocenters. The van der Waals surface area contributed by atoms with Crippen molar-refractivity contribution >= 4 is 51.6 Å². The Kier molecular flexibility index (Phi) is 6.52. The number of halogens is 3. The Labute approximate surface area is 183 Å². The van der Waals surface area contributed by atoms with Crippen LogP contribution >= 0.6 is 34.8 Å². The van der Waals surface area contributed by atoms with Gasteiger partial charge in [-0.1, -0.05) is 41.7 Å². The molecular formula is C21H20Cl3N3O2. The van der Waals surface area contributed by atoms with E-state index in [1.165, 1.54) is 4.57 Å². The number of rotatable bonds is 5. The number of hydrogen-bond acceptors (Lipinski definition) is 3. The molecule has 3 aromatic rings. The molecule has 29 heavy (non-hydrogen) atoms. The number of amides is 1. The van der Waals surface area contributed by atoms with Crippen LogP contribution in [0.3, 0.4) is 0 Å². The molecule has 0 aliphatic carbocycles. The van der Waals surface area contributed by atoms with Gasteiger partial charge in [0.25, 0.3) is 11.5 Å². The monoisotopic (exact) mass is 451 g/mol. The minimum absolute atomic E-state index is 0.215. The molecular weight excluding hydrogens is 433 g/mol. The van der Waals surface area contributed by atoms with Crippen LogP contribution in [0.2, 0.25) is 15.1 Å². The maximum atomic E-state index is 13.3. The lowest BCUT2D eigenvalue weighted by atomic mass is 10.1. The summed E-state index contributed by atoms with van der Waals surface area (Å²) in [6.45, 7) is 4.31. The molecule has 1 amide bonds. The smallest absolute Gasteiger partial charge is 0.261 e. The minimum atomic E-state index is -0.452. The molecule has 0 aliphatic heterocycles. The maximum Gasteiger partial charge on any atom is 0.261 e. The molecule has 0 bridgehead atoms. The fourth-order valence-corrected chi connectivity index (χ4v) is 3.96. The van der Waals surface area contributed by atoms with Gasteiger partial charge in [0.1, 0.15) is 5.82 Å². The van der Waals surface area contributed by atoms with E-state index in [9.17, 15) is 9.59 Å². The first-order valence-corrected chi connectivity index (χ1v) is 10.3. The summed E-state index contributed by atoms with van der Waals surface area (Å²) in [5.41, 5.74) is 0.675. The first kappa shape index (κ1) is 21.6. The third-order valence-corrected chi connectivity index (χ3v) is 5.58. The summed E-state index contributed by atoms with van der Waals surface area (Å²) in [6.07, 6.45) is 0.735. The zero-order valence-corrected chi connectivity index (χ0v) is 18.5. The quantitative estimate of drug-likeness (QED) is 0.513. The third kappa shape index (κ3) is 4.27. The van der Waals surface area contributed by atoms with E-state index in [4.69, 9.17) is 34.8 Å². The van der Waals surface area contributed by atoms with Gasteiger partial charge in [0.15, 0.2) is 0 Å². The van der Waals surface area contributed by atoms with E-state index < -0.39 is 6.04 Å². The molecule has 5 nitrogen and oxygen atoms in total. The van der Waals surface area contributed by atoms with E-state index in [0.29, 0.717) is 38.9 Å². The lowest BCUT2D eigenvalue weighted by Crippen LogP contribution is -2.37. The van der Waals surface area contributed by atoms with Gasteiger partial charge in [-0.3, -0.25) is 14.2 Å². The van der Waals surface area contributed by atoms with Crippen LogP contribution in [0, 0.1) is 0 Å². The predicted molar refractivity (Wildman–Crippen MR) is 118 cm³/mol. The van der Waals surface area contributed by atoms with E-state index in [0.717, 1.165) is 6.42 Å². The molecule has 0 saturated heterocycles. The highest BCUT2D eigenvalue weighted by molar-refractivity contribution is 6.36. The number of carbonyl (C=O) groups is 1. The van der Waals surface area contributed by atoms with Crippen LogP contribution in [0.25, 0.3) is 10.9 Å². The summed E-state index contributed by atoms with van der Waals surface area (Å²) in [7, 11) is 1.64. The third-order valence-electron chi connectivity index (χ3n) is 4.80. The average Bonchev–Trinajstić information content (AvgIpc) is 2.68. The summed E-state index contributed by atoms with van der Waals surface area (Å²) in [5.74, 6) is 0.239. The van der Waals surface area contributed by atoms with Crippen molar-refractivity contribution in [3.63, 3.8) is 0 Å². The Morgan fingerprint density at radius 1 is 1.14 bits per heavy atom. The van der Waals surface area contributed by atoms with Crippen LogP contribution in [-0.4, -0.2) is 26.9 Å². The van der Waals surface area contributed by atoms with Gasteiger partial charge < -0.3 is 4.90 Å². The topological polar surface area (TPSA) is 55.2 Å². The summed E-state index contributed by atoms with van der Waals surface area (Å²) in [4.78, 5) is 32.4. The number of nitrogens with zero attached hydrogens (tertiary/aromatic N) is 3. The van der Waals surface area contributed by atoms with E-state index in [-0.39, 0.29) is 16.5 Å². The number of aromatic nitrogens is 2. The summed E-state index contributed by atoms with van der Waals surface area (Å²) in [6, 6.07) is 9.32. The van der Waals surface area contributed by atoms with Gasteiger partial charge >= 0.3 is 0 Å². The summed E-state index contributed by atoms with van der Waals surface area (Å²) >= 11 is 18.2. The molecule has 0 N–H and O–H groups in total. The Bertz CT molecular complexity index is 1140. The summed E-state index contributed by atoms with van der Waals surface area (Å²) < 4.78 is 1.46. The highest BCUT2D eigenvalue weighted by Crippen LogP contribution is 2.27. The lowest BCUT2D eigenvalue weighted by Gasteiger charge is -2.30. The zero-order chi connectivity index (χ0) is 21.3. The highest BCUT2D eigenvalue weighted by Gasteiger charge is 2.27. The van der Waals surface area contributed by atoms with Crippen molar-refractivity contribution in [2.45, 2.75) is 26.3 Å². The number of carbonyl (C=O) groups excluding carboxylic acids is 1. The normalized spacial score (nSPS) is 12.2. The summed E-state index contributed by atoms with van der Waals surface area (Å²) in [5, 5.41) is 1.65. The molecule has 1 atom stereocenters. The van der Waals surface area contributed by atoms with E-state index in [1.54, 1.807) is 48.3 Å². The zero-order valence-electron chi connectivity index (χ0n) is 16.2. The van der Waals surface area contributed by atoms with Crippen LogP contribution in [0.1, 0.15) is 42.5 Å². The van der Waals surface area contributed by atoms with Crippen LogP contribution in [0.15, 0.2) is 41.2 Å². The van der Waals surface area contributed by atoms with Gasteiger partial charge in [-0.15, -0.1) is 0 Å². The average molecular weight is 453 g/mol. The standard InChI is InChI=1S/C21H20Cl3N3O2/c1-4-9-27(21(29)15-7-5-14(23)11-17(15)24)12(2)19-25-18-8-6-13(22)10-16(18)20(28)26(19)3/h5-8,10-12H,4,9H2,1-3H3. The highest BCUT2D eigenvalue weighted by atomic mass is 35.5. The van der Waals surface area contributed by atoms with E-state index in [2.05, 4.69) is 4.98 Å². The first-order chi connectivity index (χ1) is 13.7. The lowest BCUT2D eigenvalue weighted by molar-refractivity contribution is 0.0680. The van der Waals surface area contributed by atoms with Gasteiger partial charge in [-0.2, -0.15) is 0 Å². The second-order valence-corrected chi connectivity index (χ2v) is 8.07. The number of hydrogen-bond donors (Lipinski definition) is 0. The number of benzene rings is 2. The van der Waals surface area contributed by atoms with Crippen LogP contribution in [0.5, 0.6) is 0 Å². The molecule has 0 radical (unpaired) electrons. The fourth-order valence-electron chi connectivity index (χ4n) is 3.30. The molecule has 8 heteroatoms. The second-order valence-electron chi connectivity index (χ2n) is 6.79. The van der Waals surface area contributed by atoms with Gasteiger partial charge in [0.2, 0.25) is 0 Å². The van der Waals surface area contributed by atoms with Crippen LogP contribution in [0.4, 0.5) is 0 Å². The van der Waals surface area contributed by atoms with Gasteiger partial charge in [-0.25, -0.2) is 4.98 Å². The molecule has 1 heterocycles. The first-order valence-electron chi connectivity index (χ1n) is 9.16. The molecule has 2 aromatic carbocycles. The molecule has 3 rings (SSSR count). The number of fused-ring (bicyclic) bond motifs is 1. The van der Waals surface area contributed by atoms with Crippen molar-refractivity contribution in [2.24, 2.45) is 7.05 Å². The fraction of sp³-hybridized carbons (Fsp3) is 0.286. The van der Waals surface area contributed by atoms with Crippen molar-refractivity contribution in [3.8, 4) is 0 Å². The Balaban J connectivity index is 2.09. The van der Waals surface area contributed by atoms with Crippen LogP contribution < -0.4 is 5.56 Å². The molecule has 0 spiro atoms. The second kappa shape index (κ2) is 8.74. The van der Waals surface area contributed by atoms with Gasteiger partial charge in [0.05, 0.1) is 27.5 Å². The largest absolute Gasteiger partial charge is 0.329 e.